The van der Waals surface area contributed by atoms with Crippen LogP contribution < -0.4 is 5.73 Å². The second kappa shape index (κ2) is 10.6. The highest BCUT2D eigenvalue weighted by molar-refractivity contribution is 6.03. The molecule has 0 saturated carbocycles. The number of pyridine rings is 4. The van der Waals surface area contributed by atoms with Crippen molar-refractivity contribution in [2.75, 3.05) is 0 Å². The van der Waals surface area contributed by atoms with Crippen molar-refractivity contribution in [3.63, 3.8) is 0 Å². The Balaban J connectivity index is 2.01. The van der Waals surface area contributed by atoms with Gasteiger partial charge in [0.15, 0.2) is 0 Å². The minimum Gasteiger partial charge on any atom is -0.398 e. The number of benzene rings is 1. The molecule has 5 nitrogen and oxygen atoms in total. The summed E-state index contributed by atoms with van der Waals surface area (Å²) in [7, 11) is 0. The minimum absolute atomic E-state index is 0.621. The number of rotatable bonds is 6. The van der Waals surface area contributed by atoms with Gasteiger partial charge in [-0.1, -0.05) is 36.4 Å². The van der Waals surface area contributed by atoms with Crippen LogP contribution in [-0.4, -0.2) is 19.9 Å². The molecule has 0 aliphatic carbocycles. The molecule has 5 aromatic rings. The van der Waals surface area contributed by atoms with E-state index in [1.165, 1.54) is 0 Å². The van der Waals surface area contributed by atoms with Crippen LogP contribution in [0.3, 0.4) is 0 Å². The molecule has 174 valence electrons. The largest absolute Gasteiger partial charge is 0.398 e. The number of nitrogens with zero attached hydrogens (tertiary/aromatic N) is 4. The Labute approximate surface area is 210 Å². The number of nitrogens with two attached hydrogens (primary N) is 1. The molecular formula is C31H25N5. The Morgan fingerprint density at radius 2 is 1.08 bits per heavy atom. The molecule has 0 atom stereocenters. The van der Waals surface area contributed by atoms with Crippen LogP contribution in [0.5, 0.6) is 0 Å². The molecule has 0 radical (unpaired) electrons. The monoisotopic (exact) mass is 467 g/mol. The summed E-state index contributed by atoms with van der Waals surface area (Å²) in [6.45, 7) is 1.96. The van der Waals surface area contributed by atoms with Crippen LogP contribution in [0.15, 0.2) is 122 Å². The van der Waals surface area contributed by atoms with Gasteiger partial charge in [-0.05, 0) is 67.6 Å². The third-order valence-electron chi connectivity index (χ3n) is 5.81. The van der Waals surface area contributed by atoms with Crippen LogP contribution in [0.2, 0.25) is 0 Å². The van der Waals surface area contributed by atoms with Gasteiger partial charge >= 0.3 is 0 Å². The van der Waals surface area contributed by atoms with E-state index in [1.807, 2.05) is 97.9 Å². The maximum absolute atomic E-state index is 6.73. The van der Waals surface area contributed by atoms with Gasteiger partial charge < -0.3 is 5.73 Å². The summed E-state index contributed by atoms with van der Waals surface area (Å²) in [5.41, 5.74) is 15.1. The maximum atomic E-state index is 6.73. The third-order valence-corrected chi connectivity index (χ3v) is 5.81. The number of hydrogen-bond donors (Lipinski definition) is 1. The summed E-state index contributed by atoms with van der Waals surface area (Å²) in [5, 5.41) is 0. The van der Waals surface area contributed by atoms with E-state index in [9.17, 15) is 0 Å². The first kappa shape index (κ1) is 22.9. The van der Waals surface area contributed by atoms with E-state index in [0.29, 0.717) is 5.70 Å². The Morgan fingerprint density at radius 1 is 0.611 bits per heavy atom. The Bertz CT molecular complexity index is 1510. The quantitative estimate of drug-likeness (QED) is 0.278. The van der Waals surface area contributed by atoms with Gasteiger partial charge in [-0.25, -0.2) is 0 Å². The van der Waals surface area contributed by atoms with Gasteiger partial charge in [0.1, 0.15) is 0 Å². The van der Waals surface area contributed by atoms with Gasteiger partial charge in [0.25, 0.3) is 0 Å². The molecule has 0 spiro atoms. The highest BCUT2D eigenvalue weighted by atomic mass is 14.7. The molecule has 0 amide bonds. The van der Waals surface area contributed by atoms with E-state index in [0.717, 1.165) is 50.6 Å². The highest BCUT2D eigenvalue weighted by Gasteiger charge is 2.25. The Morgan fingerprint density at radius 3 is 1.56 bits per heavy atom. The van der Waals surface area contributed by atoms with Crippen LogP contribution >= 0.6 is 0 Å². The summed E-state index contributed by atoms with van der Waals surface area (Å²) in [6, 6.07) is 25.7. The van der Waals surface area contributed by atoms with Crippen LogP contribution in [-0.2, 0) is 0 Å². The first-order chi connectivity index (χ1) is 17.8. The smallest absolute Gasteiger partial charge is 0.0716 e. The van der Waals surface area contributed by atoms with E-state index < -0.39 is 0 Å². The van der Waals surface area contributed by atoms with Crippen molar-refractivity contribution in [3.8, 4) is 45.0 Å². The topological polar surface area (TPSA) is 77.6 Å². The molecule has 0 aliphatic rings. The molecule has 0 unspecified atom stereocenters. The average Bonchev–Trinajstić information content (AvgIpc) is 2.96. The van der Waals surface area contributed by atoms with Crippen LogP contribution in [0.4, 0.5) is 0 Å². The zero-order chi connectivity index (χ0) is 24.7. The fraction of sp³-hybridized carbons (Fsp3) is 0.0323. The van der Waals surface area contributed by atoms with Gasteiger partial charge in [0, 0.05) is 58.3 Å². The molecule has 0 fully saturated rings. The maximum Gasteiger partial charge on any atom is 0.0716 e. The molecule has 0 saturated heterocycles. The predicted octanol–water partition coefficient (Wildman–Crippen LogP) is 6.81. The van der Waals surface area contributed by atoms with Crippen LogP contribution in [0.25, 0.3) is 50.7 Å². The van der Waals surface area contributed by atoms with E-state index in [-0.39, 0.29) is 0 Å². The van der Waals surface area contributed by atoms with Crippen molar-refractivity contribution in [1.29, 1.82) is 0 Å². The molecule has 1 aromatic carbocycles. The second-order valence-corrected chi connectivity index (χ2v) is 8.10. The molecule has 2 N–H and O–H groups in total. The predicted molar refractivity (Wildman–Crippen MR) is 146 cm³/mol. The third kappa shape index (κ3) is 4.55. The van der Waals surface area contributed by atoms with Gasteiger partial charge in [-0.2, -0.15) is 0 Å². The van der Waals surface area contributed by atoms with Crippen molar-refractivity contribution in [2.24, 2.45) is 5.73 Å². The zero-order valence-electron chi connectivity index (χ0n) is 19.9. The average molecular weight is 468 g/mol. The highest BCUT2D eigenvalue weighted by Crippen LogP contribution is 2.46. The second-order valence-electron chi connectivity index (χ2n) is 8.10. The molecule has 36 heavy (non-hydrogen) atoms. The van der Waals surface area contributed by atoms with E-state index in [4.69, 9.17) is 25.7 Å². The zero-order valence-corrected chi connectivity index (χ0v) is 19.9. The van der Waals surface area contributed by atoms with Crippen molar-refractivity contribution >= 4 is 5.70 Å². The first-order valence-electron chi connectivity index (χ1n) is 11.7. The summed E-state index contributed by atoms with van der Waals surface area (Å²) in [6.07, 6.45) is 13.0. The lowest BCUT2D eigenvalue weighted by Crippen LogP contribution is -2.06. The first-order valence-corrected chi connectivity index (χ1v) is 11.7. The normalized spacial score (nSPS) is 11.6. The molecule has 4 heterocycles. The van der Waals surface area contributed by atoms with Crippen LogP contribution in [0.1, 0.15) is 12.5 Å². The van der Waals surface area contributed by atoms with Crippen molar-refractivity contribution < 1.29 is 0 Å². The SMILES string of the molecule is C/C=C\C=C(/N)c1cc(-c2ccccn2)c(-c2ccccn2)c(-c2ccccn2)c1-c1ccccn1. The Kier molecular flexibility index (Phi) is 6.72. The summed E-state index contributed by atoms with van der Waals surface area (Å²) >= 11 is 0. The lowest BCUT2D eigenvalue weighted by Gasteiger charge is -2.22. The summed E-state index contributed by atoms with van der Waals surface area (Å²) in [4.78, 5) is 18.9. The standard InChI is InChI=1S/C31H25N5/c1-2-3-12-24(32)22-21-23(25-13-4-8-17-33-25)30(27-15-6-10-19-35-27)31(28-16-7-11-20-36-28)29(22)26-14-5-9-18-34-26/h2-21H,32H2,1H3/b3-2-,24-12-. The lowest BCUT2D eigenvalue weighted by molar-refractivity contribution is 1.27. The molecule has 0 bridgehead atoms. The minimum atomic E-state index is 0.621. The van der Waals surface area contributed by atoms with Crippen LogP contribution in [0, 0.1) is 0 Å². The van der Waals surface area contributed by atoms with E-state index in [1.54, 1.807) is 24.8 Å². The molecule has 4 aromatic heterocycles. The van der Waals surface area contributed by atoms with Gasteiger partial charge in [-0.3, -0.25) is 19.9 Å². The molecule has 0 aliphatic heterocycles. The number of aromatic nitrogens is 4. The molecule has 5 rings (SSSR count). The fourth-order valence-corrected chi connectivity index (χ4v) is 4.24. The van der Waals surface area contributed by atoms with Gasteiger partial charge in [0.2, 0.25) is 0 Å². The number of allylic oxidation sites excluding steroid dienone is 3. The van der Waals surface area contributed by atoms with Crippen molar-refractivity contribution in [3.05, 3.63) is 127 Å². The molecular weight excluding hydrogens is 442 g/mol. The van der Waals surface area contributed by atoms with Gasteiger partial charge in [0.05, 0.1) is 22.8 Å². The lowest BCUT2D eigenvalue weighted by atomic mass is 9.84. The fourth-order valence-electron chi connectivity index (χ4n) is 4.24. The van der Waals surface area contributed by atoms with E-state index in [2.05, 4.69) is 6.07 Å². The van der Waals surface area contributed by atoms with Crippen molar-refractivity contribution in [1.82, 2.24) is 19.9 Å². The molecule has 5 heteroatoms. The summed E-state index contributed by atoms with van der Waals surface area (Å²) < 4.78 is 0. The van der Waals surface area contributed by atoms with Gasteiger partial charge in [-0.15, -0.1) is 0 Å². The number of hydrogen-bond acceptors (Lipinski definition) is 5. The van der Waals surface area contributed by atoms with E-state index >= 15 is 0 Å². The summed E-state index contributed by atoms with van der Waals surface area (Å²) in [5.74, 6) is 0. The Hall–Kier alpha value is -4.90. The van der Waals surface area contributed by atoms with Crippen molar-refractivity contribution in [2.45, 2.75) is 6.92 Å².